The lowest BCUT2D eigenvalue weighted by atomic mass is 10.0. The molecule has 2 aromatic heterocycles. The third-order valence-electron chi connectivity index (χ3n) is 8.30. The van der Waals surface area contributed by atoms with Crippen LogP contribution in [0, 0.1) is 13.8 Å². The van der Waals surface area contributed by atoms with Crippen molar-refractivity contribution in [1.29, 1.82) is 0 Å². The van der Waals surface area contributed by atoms with Crippen LogP contribution in [0.5, 0.6) is 0 Å². The van der Waals surface area contributed by atoms with Crippen LogP contribution in [-0.2, 0) is 20.7 Å². The van der Waals surface area contributed by atoms with E-state index < -0.39 is 0 Å². The van der Waals surface area contributed by atoms with Crippen LogP contribution in [0.4, 0.5) is 5.69 Å². The van der Waals surface area contributed by atoms with E-state index in [0.29, 0.717) is 37.1 Å². The molecule has 46 heavy (non-hydrogen) atoms. The molecule has 0 spiro atoms. The first-order chi connectivity index (χ1) is 22.2. The average Bonchev–Trinajstić information content (AvgIpc) is 3.74. The molecule has 0 fully saturated rings. The van der Waals surface area contributed by atoms with Crippen molar-refractivity contribution in [3.05, 3.63) is 81.5 Å². The van der Waals surface area contributed by atoms with Crippen LogP contribution in [0.3, 0.4) is 0 Å². The fraction of sp³-hybridized carbons (Fsp3) is 0.333. The quantitative estimate of drug-likeness (QED) is 0.114. The highest BCUT2D eigenvalue weighted by molar-refractivity contribution is 7.13. The van der Waals surface area contributed by atoms with Crippen LogP contribution < -0.4 is 10.6 Å². The van der Waals surface area contributed by atoms with E-state index in [1.165, 1.54) is 0 Å². The van der Waals surface area contributed by atoms with Gasteiger partial charge in [0, 0.05) is 58.7 Å². The van der Waals surface area contributed by atoms with Crippen LogP contribution in [0.2, 0.25) is 0 Å². The monoisotopic (exact) mass is 639 g/mol. The highest BCUT2D eigenvalue weighted by atomic mass is 32.1. The van der Waals surface area contributed by atoms with E-state index >= 15 is 0 Å². The Hall–Kier alpha value is -4.54. The number of aromatic nitrogens is 2. The number of ether oxygens (including phenoxy) is 1. The molecule has 0 bridgehead atoms. The zero-order valence-corrected chi connectivity index (χ0v) is 27.9. The first kappa shape index (κ1) is 32.8. The predicted molar refractivity (Wildman–Crippen MR) is 185 cm³/mol. The maximum Gasteiger partial charge on any atom is 0.306 e. The molecule has 0 aliphatic carbocycles. The summed E-state index contributed by atoms with van der Waals surface area (Å²) in [5.74, 6) is -0.510. The van der Waals surface area contributed by atoms with Gasteiger partial charge in [0.1, 0.15) is 5.01 Å². The zero-order chi connectivity index (χ0) is 32.8. The summed E-state index contributed by atoms with van der Waals surface area (Å²) < 4.78 is 5.06. The normalized spacial score (nSPS) is 13.3. The lowest BCUT2D eigenvalue weighted by Crippen LogP contribution is -2.35. The minimum absolute atomic E-state index is 0.120. The molecule has 4 aromatic rings. The molecular weight excluding hydrogens is 598 g/mol. The van der Waals surface area contributed by atoms with E-state index in [0.717, 1.165) is 75.2 Å². The molecule has 0 saturated carbocycles. The molecule has 0 radical (unpaired) electrons. The Bertz CT molecular complexity index is 1780. The molecule has 2 aromatic carbocycles. The Morgan fingerprint density at radius 2 is 1.87 bits per heavy atom. The molecule has 5 rings (SSSR count). The van der Waals surface area contributed by atoms with Gasteiger partial charge in [-0.1, -0.05) is 38.1 Å². The van der Waals surface area contributed by atoms with E-state index in [1.807, 2.05) is 68.6 Å². The Morgan fingerprint density at radius 3 is 2.63 bits per heavy atom. The molecule has 9 nitrogen and oxygen atoms in total. The molecule has 1 aliphatic rings. The van der Waals surface area contributed by atoms with E-state index in [2.05, 4.69) is 40.4 Å². The van der Waals surface area contributed by atoms with Gasteiger partial charge in [-0.05, 0) is 75.7 Å². The first-order valence-corrected chi connectivity index (χ1v) is 16.7. The average molecular weight is 640 g/mol. The summed E-state index contributed by atoms with van der Waals surface area (Å²) >= 11 is 1.55. The number of amides is 2. The fourth-order valence-corrected chi connectivity index (χ4v) is 6.55. The smallest absolute Gasteiger partial charge is 0.306 e. The number of carbonyl (C=O) groups excluding carboxylic acids is 3. The molecule has 0 atom stereocenters. The van der Waals surface area contributed by atoms with Crippen molar-refractivity contribution in [3.63, 3.8) is 0 Å². The van der Waals surface area contributed by atoms with Crippen molar-refractivity contribution in [2.45, 2.75) is 47.5 Å². The van der Waals surface area contributed by atoms with Gasteiger partial charge in [0.05, 0.1) is 23.4 Å². The summed E-state index contributed by atoms with van der Waals surface area (Å²) in [5, 5.41) is 8.90. The van der Waals surface area contributed by atoms with Crippen molar-refractivity contribution in [2.24, 2.45) is 0 Å². The van der Waals surface area contributed by atoms with Crippen molar-refractivity contribution in [1.82, 2.24) is 20.2 Å². The number of hydrogen-bond donors (Lipinski definition) is 3. The number of anilines is 1. The number of H-pyrrole nitrogens is 1. The standard InChI is InChI=1S/C36H41N5O4S/c1-6-41(7-2)17-16-37-35(44)33-22(4)30(38-23(33)5)20-28-27-19-25(13-14-29(27)39-34(28)43)31-21-46-36(40-31)26-11-9-10-24(18-26)12-15-32(42)45-8-3/h9-11,13-14,18-21,38H,6-8,12,15-17H2,1-5H3,(H,37,44)(H,39,43)/b28-20-. The third-order valence-corrected chi connectivity index (χ3v) is 9.19. The fourth-order valence-electron chi connectivity index (χ4n) is 5.73. The van der Waals surface area contributed by atoms with Gasteiger partial charge >= 0.3 is 5.97 Å². The molecule has 10 heteroatoms. The second-order valence-corrected chi connectivity index (χ2v) is 12.1. The van der Waals surface area contributed by atoms with Crippen molar-refractivity contribution < 1.29 is 19.1 Å². The molecule has 0 unspecified atom stereocenters. The summed E-state index contributed by atoms with van der Waals surface area (Å²) in [5.41, 5.74) is 8.70. The van der Waals surface area contributed by atoms with Crippen LogP contribution in [0.25, 0.3) is 33.5 Å². The van der Waals surface area contributed by atoms with Crippen LogP contribution in [-0.4, -0.2) is 65.4 Å². The van der Waals surface area contributed by atoms with Gasteiger partial charge in [0.25, 0.3) is 11.8 Å². The third kappa shape index (κ3) is 7.29. The molecule has 3 heterocycles. The maximum atomic E-state index is 13.1. The van der Waals surface area contributed by atoms with E-state index in [4.69, 9.17) is 9.72 Å². The Morgan fingerprint density at radius 1 is 1.07 bits per heavy atom. The minimum Gasteiger partial charge on any atom is -0.466 e. The highest BCUT2D eigenvalue weighted by Crippen LogP contribution is 2.38. The number of rotatable bonds is 13. The van der Waals surface area contributed by atoms with Crippen molar-refractivity contribution >= 4 is 46.5 Å². The maximum absolute atomic E-state index is 13.1. The summed E-state index contributed by atoms with van der Waals surface area (Å²) in [6.07, 6.45) is 2.77. The molecule has 3 N–H and O–H groups in total. The molecule has 240 valence electrons. The van der Waals surface area contributed by atoms with Gasteiger partial charge in [-0.3, -0.25) is 14.4 Å². The number of hydrogen-bond acceptors (Lipinski definition) is 7. The molecular formula is C36H41N5O4S. The summed E-state index contributed by atoms with van der Waals surface area (Å²) in [4.78, 5) is 48.5. The first-order valence-electron chi connectivity index (χ1n) is 15.8. The number of aromatic amines is 1. The number of benzene rings is 2. The van der Waals surface area contributed by atoms with Gasteiger partial charge in [-0.2, -0.15) is 0 Å². The number of fused-ring (bicyclic) bond motifs is 1. The Labute approximate surface area is 274 Å². The zero-order valence-electron chi connectivity index (χ0n) is 27.1. The van der Waals surface area contributed by atoms with Crippen LogP contribution >= 0.6 is 11.3 Å². The van der Waals surface area contributed by atoms with Gasteiger partial charge < -0.3 is 25.3 Å². The lowest BCUT2D eigenvalue weighted by Gasteiger charge is -2.18. The number of carbonyl (C=O) groups is 3. The second kappa shape index (κ2) is 14.7. The summed E-state index contributed by atoms with van der Waals surface area (Å²) in [6.45, 7) is 13.4. The number of aryl methyl sites for hydroxylation is 2. The lowest BCUT2D eigenvalue weighted by molar-refractivity contribution is -0.143. The van der Waals surface area contributed by atoms with E-state index in [-0.39, 0.29) is 17.8 Å². The SMILES string of the molecule is CCOC(=O)CCc1cccc(-c2nc(-c3ccc4c(c3)/C(=C/c3[nH]c(C)c(C(=O)NCCN(CC)CC)c3C)C(=O)N4)cs2)c1. The summed E-state index contributed by atoms with van der Waals surface area (Å²) in [7, 11) is 0. The van der Waals surface area contributed by atoms with Crippen molar-refractivity contribution in [2.75, 3.05) is 38.1 Å². The molecule has 1 aliphatic heterocycles. The number of esters is 1. The van der Waals surface area contributed by atoms with Gasteiger partial charge in [0.15, 0.2) is 0 Å². The number of likely N-dealkylation sites (N-methyl/N-ethyl adjacent to an activating group) is 1. The number of nitrogens with one attached hydrogen (secondary N) is 3. The van der Waals surface area contributed by atoms with Gasteiger partial charge in [-0.15, -0.1) is 11.3 Å². The number of thiazole rings is 1. The minimum atomic E-state index is -0.198. The largest absolute Gasteiger partial charge is 0.466 e. The van der Waals surface area contributed by atoms with Crippen LogP contribution in [0.1, 0.15) is 65.6 Å². The Kier molecular flexibility index (Phi) is 10.5. The molecule has 2 amide bonds. The van der Waals surface area contributed by atoms with E-state index in [9.17, 15) is 14.4 Å². The Balaban J connectivity index is 1.35. The van der Waals surface area contributed by atoms with Gasteiger partial charge in [-0.25, -0.2) is 4.98 Å². The summed E-state index contributed by atoms with van der Waals surface area (Å²) in [6, 6.07) is 13.9. The topological polar surface area (TPSA) is 116 Å². The van der Waals surface area contributed by atoms with Gasteiger partial charge in [0.2, 0.25) is 0 Å². The number of nitrogens with zero attached hydrogens (tertiary/aromatic N) is 2. The highest BCUT2D eigenvalue weighted by Gasteiger charge is 2.26. The second-order valence-electron chi connectivity index (χ2n) is 11.3. The molecule has 0 saturated heterocycles. The van der Waals surface area contributed by atoms with Crippen molar-refractivity contribution in [3.8, 4) is 21.8 Å². The predicted octanol–water partition coefficient (Wildman–Crippen LogP) is 6.48. The van der Waals surface area contributed by atoms with E-state index in [1.54, 1.807) is 11.3 Å². The van der Waals surface area contributed by atoms with Crippen LogP contribution in [0.15, 0.2) is 47.8 Å².